The van der Waals surface area contributed by atoms with Gasteiger partial charge in [-0.05, 0) is 49.7 Å². The average Bonchev–Trinajstić information content (AvgIpc) is 2.37. The highest BCUT2D eigenvalue weighted by atomic mass is 35.5. The van der Waals surface area contributed by atoms with Crippen molar-refractivity contribution in [1.29, 1.82) is 0 Å². The first kappa shape index (κ1) is 13.4. The van der Waals surface area contributed by atoms with E-state index in [4.69, 9.17) is 11.6 Å². The zero-order valence-corrected chi connectivity index (χ0v) is 12.0. The van der Waals surface area contributed by atoms with Gasteiger partial charge in [0.1, 0.15) is 0 Å². The summed E-state index contributed by atoms with van der Waals surface area (Å²) in [4.78, 5) is 2.08. The Morgan fingerprint density at radius 1 is 1.06 bits per heavy atom. The van der Waals surface area contributed by atoms with E-state index in [1.165, 1.54) is 0 Å². The van der Waals surface area contributed by atoms with E-state index in [9.17, 15) is 4.39 Å². The Hall–Kier alpha value is -0.990. The number of hydrogen-bond acceptors (Lipinski definition) is 0. The van der Waals surface area contributed by atoms with E-state index >= 15 is 0 Å². The molecular weight excluding hydrogens is 267 g/mol. The van der Waals surface area contributed by atoms with Crippen LogP contribution in [0.25, 0.3) is 0 Å². The summed E-state index contributed by atoms with van der Waals surface area (Å²) in [7, 11) is -0.514. The lowest BCUT2D eigenvalue weighted by Crippen LogP contribution is -2.07. The minimum absolute atomic E-state index is 0.369. The van der Waals surface area contributed by atoms with Crippen molar-refractivity contribution in [3.05, 3.63) is 58.6 Å². The fourth-order valence-electron chi connectivity index (χ4n) is 1.82. The highest BCUT2D eigenvalue weighted by Gasteiger charge is 2.27. The smallest absolute Gasteiger partial charge is 0.192 e. The molecule has 0 aliphatic carbocycles. The van der Waals surface area contributed by atoms with Crippen molar-refractivity contribution in [3.63, 3.8) is 0 Å². The standard InChI is InChI=1S/C15H15ClFS/c1-11-3-4-12(2)15(9-11)18(10-17)14-7-5-13(16)6-8-14/h3-9H,10H2,1-2H3/q+1. The number of alkyl halides is 1. The van der Waals surface area contributed by atoms with Crippen LogP contribution in [0.4, 0.5) is 4.39 Å². The van der Waals surface area contributed by atoms with Crippen LogP contribution in [0, 0.1) is 13.8 Å². The monoisotopic (exact) mass is 281 g/mol. The molecule has 0 fully saturated rings. The van der Waals surface area contributed by atoms with Crippen molar-refractivity contribution >= 4 is 22.5 Å². The summed E-state index contributed by atoms with van der Waals surface area (Å²) in [5, 5.41) is 0.683. The summed E-state index contributed by atoms with van der Waals surface area (Å²) in [6.07, 6.45) is 0. The minimum Gasteiger partial charge on any atom is -0.192 e. The first-order valence-corrected chi connectivity index (χ1v) is 7.48. The molecule has 0 saturated carbocycles. The summed E-state index contributed by atoms with van der Waals surface area (Å²) in [6.45, 7) is 4.06. The lowest BCUT2D eigenvalue weighted by molar-refractivity contribution is 0.600. The summed E-state index contributed by atoms with van der Waals surface area (Å²) < 4.78 is 13.4. The van der Waals surface area contributed by atoms with Crippen molar-refractivity contribution < 1.29 is 4.39 Å². The van der Waals surface area contributed by atoms with Gasteiger partial charge >= 0.3 is 0 Å². The van der Waals surface area contributed by atoms with Gasteiger partial charge in [0.05, 0.1) is 10.9 Å². The lowest BCUT2D eigenvalue weighted by atomic mass is 10.2. The second-order valence-corrected chi connectivity index (χ2v) is 6.57. The summed E-state index contributed by atoms with van der Waals surface area (Å²) in [5.41, 5.74) is 2.30. The Morgan fingerprint density at radius 2 is 1.72 bits per heavy atom. The quantitative estimate of drug-likeness (QED) is 0.701. The Morgan fingerprint density at radius 3 is 2.33 bits per heavy atom. The maximum Gasteiger partial charge on any atom is 0.256 e. The third-order valence-electron chi connectivity index (χ3n) is 2.82. The van der Waals surface area contributed by atoms with Gasteiger partial charge in [0.15, 0.2) is 9.79 Å². The molecule has 0 aromatic heterocycles. The molecule has 0 amide bonds. The first-order valence-electron chi connectivity index (χ1n) is 5.71. The number of hydrogen-bond donors (Lipinski definition) is 0. The van der Waals surface area contributed by atoms with Gasteiger partial charge in [-0.25, -0.2) is 0 Å². The molecular formula is C15H15ClFS+. The maximum absolute atomic E-state index is 13.4. The molecule has 0 bridgehead atoms. The van der Waals surface area contributed by atoms with E-state index in [2.05, 4.69) is 18.2 Å². The third kappa shape index (κ3) is 2.88. The predicted molar refractivity (Wildman–Crippen MR) is 77.2 cm³/mol. The SMILES string of the molecule is Cc1ccc(C)c([S+](CF)c2ccc(Cl)cc2)c1. The third-order valence-corrected chi connectivity index (χ3v) is 5.10. The van der Waals surface area contributed by atoms with Crippen LogP contribution in [-0.4, -0.2) is 6.01 Å². The van der Waals surface area contributed by atoms with Crippen molar-refractivity contribution in [2.24, 2.45) is 0 Å². The molecule has 2 aromatic carbocycles. The molecule has 94 valence electrons. The van der Waals surface area contributed by atoms with Gasteiger partial charge in [-0.2, -0.15) is 4.39 Å². The predicted octanol–water partition coefficient (Wildman–Crippen LogP) is 4.92. The molecule has 2 aromatic rings. The van der Waals surface area contributed by atoms with E-state index in [1.54, 1.807) is 0 Å². The van der Waals surface area contributed by atoms with Gasteiger partial charge in [-0.15, -0.1) is 0 Å². The van der Waals surface area contributed by atoms with E-state index in [1.807, 2.05) is 38.1 Å². The van der Waals surface area contributed by atoms with Gasteiger partial charge < -0.3 is 0 Å². The molecule has 0 aliphatic heterocycles. The van der Waals surface area contributed by atoms with Gasteiger partial charge in [0, 0.05) is 10.6 Å². The Kier molecular flexibility index (Phi) is 4.31. The first-order chi connectivity index (χ1) is 8.61. The van der Waals surface area contributed by atoms with E-state index in [0.717, 1.165) is 20.9 Å². The lowest BCUT2D eigenvalue weighted by Gasteiger charge is -2.08. The molecule has 0 heterocycles. The average molecular weight is 282 g/mol. The second kappa shape index (κ2) is 5.77. The Bertz CT molecular complexity index is 537. The van der Waals surface area contributed by atoms with Gasteiger partial charge in [-0.3, -0.25) is 0 Å². The number of aryl methyl sites for hydroxylation is 2. The number of rotatable bonds is 3. The molecule has 0 spiro atoms. The fourth-order valence-corrected chi connectivity index (χ4v) is 3.69. The molecule has 0 N–H and O–H groups in total. The van der Waals surface area contributed by atoms with Crippen LogP contribution in [0.5, 0.6) is 0 Å². The van der Waals surface area contributed by atoms with Gasteiger partial charge in [-0.1, -0.05) is 23.7 Å². The maximum atomic E-state index is 13.4. The second-order valence-electron chi connectivity index (χ2n) is 4.22. The Balaban J connectivity index is 2.44. The zero-order chi connectivity index (χ0) is 13.1. The minimum atomic E-state index is -0.514. The van der Waals surface area contributed by atoms with Gasteiger partial charge in [0.25, 0.3) is 6.01 Å². The van der Waals surface area contributed by atoms with Crippen molar-refractivity contribution in [2.75, 3.05) is 6.01 Å². The van der Waals surface area contributed by atoms with Crippen LogP contribution in [0.1, 0.15) is 11.1 Å². The molecule has 1 atom stereocenters. The van der Waals surface area contributed by atoms with E-state index < -0.39 is 10.9 Å². The van der Waals surface area contributed by atoms with Crippen molar-refractivity contribution in [3.8, 4) is 0 Å². The molecule has 0 nitrogen and oxygen atoms in total. The highest BCUT2D eigenvalue weighted by Crippen LogP contribution is 2.28. The molecule has 1 unspecified atom stereocenters. The molecule has 0 saturated heterocycles. The summed E-state index contributed by atoms with van der Waals surface area (Å²) in [6, 6.07) is 13.3. The van der Waals surface area contributed by atoms with Gasteiger partial charge in [0.2, 0.25) is 0 Å². The van der Waals surface area contributed by atoms with Crippen LogP contribution in [0.2, 0.25) is 5.02 Å². The topological polar surface area (TPSA) is 0 Å². The molecule has 3 heteroatoms. The summed E-state index contributed by atoms with van der Waals surface area (Å²) >= 11 is 5.87. The van der Waals surface area contributed by atoms with Crippen LogP contribution < -0.4 is 0 Å². The van der Waals surface area contributed by atoms with E-state index in [0.29, 0.717) is 5.02 Å². The summed E-state index contributed by atoms with van der Waals surface area (Å²) in [5.74, 6) is 0. The molecule has 18 heavy (non-hydrogen) atoms. The normalized spacial score (nSPS) is 12.4. The molecule has 0 aliphatic rings. The zero-order valence-electron chi connectivity index (χ0n) is 10.4. The fraction of sp³-hybridized carbons (Fsp3) is 0.200. The molecule has 0 radical (unpaired) electrons. The van der Waals surface area contributed by atoms with Crippen LogP contribution in [0.3, 0.4) is 0 Å². The number of halogens is 2. The highest BCUT2D eigenvalue weighted by molar-refractivity contribution is 7.96. The van der Waals surface area contributed by atoms with Crippen molar-refractivity contribution in [1.82, 2.24) is 0 Å². The largest absolute Gasteiger partial charge is 0.256 e. The van der Waals surface area contributed by atoms with Crippen LogP contribution >= 0.6 is 11.6 Å². The molecule has 2 rings (SSSR count). The van der Waals surface area contributed by atoms with Crippen LogP contribution in [-0.2, 0) is 10.9 Å². The van der Waals surface area contributed by atoms with E-state index in [-0.39, 0.29) is 6.01 Å². The number of benzene rings is 2. The Labute approximate surface area is 115 Å². The van der Waals surface area contributed by atoms with Crippen molar-refractivity contribution in [2.45, 2.75) is 23.6 Å². The van der Waals surface area contributed by atoms with Crippen LogP contribution in [0.15, 0.2) is 52.3 Å².